The van der Waals surface area contributed by atoms with Crippen LogP contribution in [-0.4, -0.2) is 19.0 Å². The smallest absolute Gasteiger partial charge is 0 e. The van der Waals surface area contributed by atoms with E-state index in [1.54, 1.807) is 0 Å². The van der Waals surface area contributed by atoms with E-state index in [1.807, 2.05) is 0 Å². The normalized spacial score (nSPS) is 9.90. The minimum absolute atomic E-state index is 0. The van der Waals surface area contributed by atoms with E-state index in [-0.39, 0.29) is 17.4 Å². The Bertz CT molecular complexity index is 858. The SMILES string of the molecule is CC(c1ccccc1P(c1ccccc1)c1ccccc1)N(C)C.[C-]#[O+].[C-]#[O+].[C-]#[O+].[Cr]. The van der Waals surface area contributed by atoms with Crippen molar-refractivity contribution >= 4 is 23.8 Å². The fraction of sp³-hybridized carbons (Fsp3) is 0.160. The molecule has 0 saturated heterocycles. The minimum Gasteiger partial charge on any atom is 0 e. The van der Waals surface area contributed by atoms with Gasteiger partial charge < -0.3 is 4.90 Å². The van der Waals surface area contributed by atoms with Crippen LogP contribution in [0, 0.1) is 20.0 Å². The number of nitrogens with zero attached hydrogens (tertiary/aromatic N) is 1. The molecule has 1 atom stereocenters. The largest absolute Gasteiger partial charge is 0 e. The van der Waals surface area contributed by atoms with Crippen molar-refractivity contribution in [2.24, 2.45) is 0 Å². The Morgan fingerprint density at radius 1 is 0.645 bits per heavy atom. The van der Waals surface area contributed by atoms with E-state index < -0.39 is 7.92 Å². The second-order valence-electron chi connectivity index (χ2n) is 6.20. The molecule has 0 N–H and O–H groups in total. The van der Waals surface area contributed by atoms with Gasteiger partial charge in [-0.25, -0.2) is 0 Å². The Balaban J connectivity index is 0. The maximum atomic E-state index is 7.50. The first kappa shape index (κ1) is 31.0. The molecular weight excluding hydrogens is 445 g/mol. The Morgan fingerprint density at radius 2 is 1.00 bits per heavy atom. The van der Waals surface area contributed by atoms with Gasteiger partial charge in [-0.2, -0.15) is 0 Å². The molecular formula is C25H24CrNO3P. The predicted molar refractivity (Wildman–Crippen MR) is 119 cm³/mol. The standard InChI is InChI=1S/C22H24NP.3CO.Cr/c1-18(23(2)3)21-16-10-11-17-22(21)24(19-12-6-4-7-13-19)20-14-8-5-9-15-20;3*1-2;/h4-18H,1-3H3;;;;. The van der Waals surface area contributed by atoms with Crippen molar-refractivity contribution in [3.05, 3.63) is 110 Å². The third-order valence-electron chi connectivity index (χ3n) is 4.43. The summed E-state index contributed by atoms with van der Waals surface area (Å²) in [6.45, 7) is 15.8. The molecule has 0 aromatic heterocycles. The van der Waals surface area contributed by atoms with Crippen molar-refractivity contribution in [1.82, 2.24) is 4.90 Å². The number of hydrogen-bond acceptors (Lipinski definition) is 1. The van der Waals surface area contributed by atoms with Crippen molar-refractivity contribution in [2.75, 3.05) is 14.1 Å². The summed E-state index contributed by atoms with van der Waals surface area (Å²) < 4.78 is 22.5. The van der Waals surface area contributed by atoms with Crippen molar-refractivity contribution in [1.29, 1.82) is 0 Å². The van der Waals surface area contributed by atoms with Gasteiger partial charge in [0, 0.05) is 23.4 Å². The number of hydrogen-bond donors (Lipinski definition) is 0. The number of rotatable bonds is 5. The van der Waals surface area contributed by atoms with Crippen molar-refractivity contribution in [3.8, 4) is 0 Å². The molecule has 0 aliphatic carbocycles. The van der Waals surface area contributed by atoms with Crippen LogP contribution in [0.15, 0.2) is 84.9 Å². The van der Waals surface area contributed by atoms with Crippen LogP contribution in [0.2, 0.25) is 0 Å². The Kier molecular flexibility index (Phi) is 18.6. The van der Waals surface area contributed by atoms with E-state index in [1.165, 1.54) is 21.5 Å². The third kappa shape index (κ3) is 9.22. The zero-order chi connectivity index (χ0) is 22.9. The quantitative estimate of drug-likeness (QED) is 0.317. The second kappa shape index (κ2) is 18.6. The molecule has 0 heterocycles. The molecule has 3 rings (SSSR count). The van der Waals surface area contributed by atoms with Gasteiger partial charge in [0.05, 0.1) is 0 Å². The average molecular weight is 469 g/mol. The maximum absolute atomic E-state index is 7.50. The van der Waals surface area contributed by atoms with Gasteiger partial charge in [0.25, 0.3) is 0 Å². The third-order valence-corrected chi connectivity index (χ3v) is 6.95. The van der Waals surface area contributed by atoms with Gasteiger partial charge >= 0.3 is 33.9 Å². The summed E-state index contributed by atoms with van der Waals surface area (Å²) in [7, 11) is 3.74. The molecule has 6 heteroatoms. The summed E-state index contributed by atoms with van der Waals surface area (Å²) in [4.78, 5) is 2.28. The molecule has 0 fully saturated rings. The average Bonchev–Trinajstić information content (AvgIpc) is 2.84. The van der Waals surface area contributed by atoms with Gasteiger partial charge in [-0.05, 0) is 50.4 Å². The number of benzene rings is 3. The summed E-state index contributed by atoms with van der Waals surface area (Å²) in [5.74, 6) is 0. The van der Waals surface area contributed by atoms with Gasteiger partial charge in [-0.1, -0.05) is 84.9 Å². The molecule has 0 radical (unpaired) electrons. The van der Waals surface area contributed by atoms with E-state index in [0.29, 0.717) is 6.04 Å². The van der Waals surface area contributed by atoms with Crippen LogP contribution in [0.5, 0.6) is 0 Å². The van der Waals surface area contributed by atoms with E-state index in [2.05, 4.69) is 131 Å². The van der Waals surface area contributed by atoms with Gasteiger partial charge in [-0.15, -0.1) is 0 Å². The van der Waals surface area contributed by atoms with Gasteiger partial charge in [0.2, 0.25) is 0 Å². The fourth-order valence-electron chi connectivity index (χ4n) is 2.90. The van der Waals surface area contributed by atoms with E-state index >= 15 is 0 Å². The molecule has 0 saturated carbocycles. The van der Waals surface area contributed by atoms with E-state index in [0.717, 1.165) is 0 Å². The molecule has 0 aliphatic heterocycles. The molecule has 0 amide bonds. The summed E-state index contributed by atoms with van der Waals surface area (Å²) in [5, 5.41) is 4.25. The molecule has 31 heavy (non-hydrogen) atoms. The van der Waals surface area contributed by atoms with Crippen LogP contribution in [-0.2, 0) is 31.3 Å². The predicted octanol–water partition coefficient (Wildman–Crippen LogP) is 3.95. The molecule has 3 aromatic carbocycles. The van der Waals surface area contributed by atoms with Crippen molar-refractivity contribution in [2.45, 2.75) is 13.0 Å². The summed E-state index contributed by atoms with van der Waals surface area (Å²) in [5.41, 5.74) is 1.42. The van der Waals surface area contributed by atoms with Crippen LogP contribution >= 0.6 is 7.92 Å². The Morgan fingerprint density at radius 3 is 1.39 bits per heavy atom. The maximum Gasteiger partial charge on any atom is 0 e. The van der Waals surface area contributed by atoms with Crippen LogP contribution in [0.3, 0.4) is 0 Å². The summed E-state index contributed by atoms with van der Waals surface area (Å²) >= 11 is 0. The molecule has 4 nitrogen and oxygen atoms in total. The first-order valence-electron chi connectivity index (χ1n) is 8.95. The van der Waals surface area contributed by atoms with Gasteiger partial charge in [-0.3, -0.25) is 0 Å². The van der Waals surface area contributed by atoms with Gasteiger partial charge in [0.1, 0.15) is 0 Å². The second-order valence-corrected chi connectivity index (χ2v) is 8.39. The molecule has 0 aliphatic rings. The first-order chi connectivity index (χ1) is 14.7. The molecule has 3 aromatic rings. The zero-order valence-electron chi connectivity index (χ0n) is 17.7. The minimum atomic E-state index is -0.551. The van der Waals surface area contributed by atoms with E-state index in [9.17, 15) is 0 Å². The van der Waals surface area contributed by atoms with Crippen molar-refractivity contribution in [3.63, 3.8) is 0 Å². The summed E-state index contributed by atoms with van der Waals surface area (Å²) in [6.07, 6.45) is 0. The Labute approximate surface area is 197 Å². The first-order valence-corrected chi connectivity index (χ1v) is 10.3. The zero-order valence-corrected chi connectivity index (χ0v) is 19.9. The topological polar surface area (TPSA) is 62.9 Å². The molecule has 0 spiro atoms. The molecule has 1 unspecified atom stereocenters. The van der Waals surface area contributed by atoms with Crippen LogP contribution in [0.25, 0.3) is 0 Å². The fourth-order valence-corrected chi connectivity index (χ4v) is 5.45. The molecule has 0 bridgehead atoms. The van der Waals surface area contributed by atoms with Crippen LogP contribution in [0.4, 0.5) is 0 Å². The van der Waals surface area contributed by atoms with E-state index in [4.69, 9.17) is 14.0 Å². The van der Waals surface area contributed by atoms with Crippen LogP contribution < -0.4 is 15.9 Å². The summed E-state index contributed by atoms with van der Waals surface area (Å²) in [6, 6.07) is 31.1. The van der Waals surface area contributed by atoms with Crippen LogP contribution in [0.1, 0.15) is 18.5 Å². The van der Waals surface area contributed by atoms with Gasteiger partial charge in [0.15, 0.2) is 0 Å². The van der Waals surface area contributed by atoms with Crippen molar-refractivity contribution < 1.29 is 31.3 Å². The Hall–Kier alpha value is -2.20. The molecule has 158 valence electrons. The monoisotopic (exact) mass is 469 g/mol.